The van der Waals surface area contributed by atoms with E-state index in [-0.39, 0.29) is 30.3 Å². The lowest BCUT2D eigenvalue weighted by Gasteiger charge is -2.39. The number of hydrogen-bond acceptors (Lipinski definition) is 5. The standard InChI is InChI=1S/C19H22ClFN4O2/c1-13-10-24(11-14-2-4-16(21)5-3-14)6-7-25(13)18(26)12-27-19-17(22)8-15(20)9-23-19/h2-5,8-9,13H,6-7,10-12,22H2,1H3. The third-order valence-electron chi connectivity index (χ3n) is 4.53. The first-order valence-electron chi connectivity index (χ1n) is 8.72. The predicted molar refractivity (Wildman–Crippen MR) is 102 cm³/mol. The first kappa shape index (κ1) is 19.4. The van der Waals surface area contributed by atoms with Gasteiger partial charge in [-0.2, -0.15) is 0 Å². The molecule has 1 aromatic heterocycles. The van der Waals surface area contributed by atoms with Crippen LogP contribution in [0.4, 0.5) is 10.1 Å². The van der Waals surface area contributed by atoms with Crippen molar-refractivity contribution in [3.8, 4) is 5.88 Å². The number of aromatic nitrogens is 1. The summed E-state index contributed by atoms with van der Waals surface area (Å²) in [6, 6.07) is 8.08. The Hall–Kier alpha value is -2.38. The minimum atomic E-state index is -0.238. The third-order valence-corrected chi connectivity index (χ3v) is 4.74. The summed E-state index contributed by atoms with van der Waals surface area (Å²) in [4.78, 5) is 20.6. The first-order chi connectivity index (χ1) is 12.9. The highest BCUT2D eigenvalue weighted by Crippen LogP contribution is 2.22. The van der Waals surface area contributed by atoms with Crippen LogP contribution in [-0.2, 0) is 11.3 Å². The molecule has 1 unspecified atom stereocenters. The number of nitrogen functional groups attached to an aromatic ring is 1. The van der Waals surface area contributed by atoms with Gasteiger partial charge in [-0.05, 0) is 30.7 Å². The summed E-state index contributed by atoms with van der Waals surface area (Å²) in [5.41, 5.74) is 7.14. The molecule has 1 aromatic carbocycles. The fraction of sp³-hybridized carbons (Fsp3) is 0.368. The molecule has 2 heterocycles. The molecule has 2 N–H and O–H groups in total. The zero-order chi connectivity index (χ0) is 19.4. The summed E-state index contributed by atoms with van der Waals surface area (Å²) in [6.07, 6.45) is 1.43. The molecule has 144 valence electrons. The number of halogens is 2. The van der Waals surface area contributed by atoms with E-state index in [1.807, 2.05) is 6.92 Å². The van der Waals surface area contributed by atoms with Gasteiger partial charge in [0.05, 0.1) is 10.7 Å². The molecule has 0 bridgehead atoms. The van der Waals surface area contributed by atoms with Crippen molar-refractivity contribution in [3.05, 3.63) is 52.9 Å². The van der Waals surface area contributed by atoms with E-state index in [4.69, 9.17) is 22.1 Å². The molecule has 0 aliphatic carbocycles. The van der Waals surface area contributed by atoms with Crippen molar-refractivity contribution in [2.45, 2.75) is 19.5 Å². The van der Waals surface area contributed by atoms with Crippen molar-refractivity contribution in [1.82, 2.24) is 14.8 Å². The van der Waals surface area contributed by atoms with Crippen molar-refractivity contribution in [1.29, 1.82) is 0 Å². The number of pyridine rings is 1. The monoisotopic (exact) mass is 392 g/mol. The summed E-state index contributed by atoms with van der Waals surface area (Å²) in [6.45, 7) is 4.70. The number of nitrogens with two attached hydrogens (primary N) is 1. The second kappa shape index (κ2) is 8.54. The van der Waals surface area contributed by atoms with Crippen molar-refractivity contribution in [2.75, 3.05) is 32.0 Å². The maximum atomic E-state index is 13.0. The minimum absolute atomic E-state index is 0.0471. The number of carbonyl (C=O) groups excluding carboxylic acids is 1. The van der Waals surface area contributed by atoms with Crippen molar-refractivity contribution < 1.29 is 13.9 Å². The quantitative estimate of drug-likeness (QED) is 0.846. The van der Waals surface area contributed by atoms with Crippen LogP contribution < -0.4 is 10.5 Å². The van der Waals surface area contributed by atoms with Crippen molar-refractivity contribution in [2.24, 2.45) is 0 Å². The van der Waals surface area contributed by atoms with Crippen LogP contribution in [0.5, 0.6) is 5.88 Å². The lowest BCUT2D eigenvalue weighted by molar-refractivity contribution is -0.138. The second-order valence-corrected chi connectivity index (χ2v) is 7.07. The van der Waals surface area contributed by atoms with Gasteiger partial charge in [0.1, 0.15) is 5.82 Å². The smallest absolute Gasteiger partial charge is 0.260 e. The summed E-state index contributed by atoms with van der Waals surface area (Å²) >= 11 is 5.80. The number of piperazine rings is 1. The normalized spacial score (nSPS) is 17.7. The van der Waals surface area contributed by atoms with Crippen LogP contribution in [0.25, 0.3) is 0 Å². The molecule has 27 heavy (non-hydrogen) atoms. The number of amides is 1. The highest BCUT2D eigenvalue weighted by Gasteiger charge is 2.27. The number of nitrogens with zero attached hydrogens (tertiary/aromatic N) is 3. The van der Waals surface area contributed by atoms with Crippen molar-refractivity contribution in [3.63, 3.8) is 0 Å². The SMILES string of the molecule is CC1CN(Cc2ccc(F)cc2)CCN1C(=O)COc1ncc(Cl)cc1N. The molecule has 1 aliphatic heterocycles. The van der Waals surface area contributed by atoms with E-state index in [1.165, 1.54) is 24.4 Å². The fourth-order valence-corrected chi connectivity index (χ4v) is 3.34. The number of anilines is 1. The van der Waals surface area contributed by atoms with Crippen LogP contribution in [-0.4, -0.2) is 53.0 Å². The molecule has 3 rings (SSSR count). The van der Waals surface area contributed by atoms with E-state index < -0.39 is 0 Å². The summed E-state index contributed by atoms with van der Waals surface area (Å²) in [5.74, 6) is -0.145. The summed E-state index contributed by atoms with van der Waals surface area (Å²) in [5, 5.41) is 0.414. The molecule has 1 saturated heterocycles. The lowest BCUT2D eigenvalue weighted by Crippen LogP contribution is -2.54. The molecule has 1 atom stereocenters. The van der Waals surface area contributed by atoms with Gasteiger partial charge in [0.25, 0.3) is 5.91 Å². The third kappa shape index (κ3) is 5.08. The highest BCUT2D eigenvalue weighted by atomic mass is 35.5. The van der Waals surface area contributed by atoms with Gasteiger partial charge in [-0.15, -0.1) is 0 Å². The van der Waals surface area contributed by atoms with Gasteiger partial charge in [-0.3, -0.25) is 9.69 Å². The number of rotatable bonds is 5. The predicted octanol–water partition coefficient (Wildman–Crippen LogP) is 2.57. The summed E-state index contributed by atoms with van der Waals surface area (Å²) in [7, 11) is 0. The highest BCUT2D eigenvalue weighted by molar-refractivity contribution is 6.30. The Morgan fingerprint density at radius 2 is 2.11 bits per heavy atom. The van der Waals surface area contributed by atoms with Gasteiger partial charge in [0.2, 0.25) is 5.88 Å². The number of benzene rings is 1. The average Bonchev–Trinajstić information content (AvgIpc) is 2.63. The van der Waals surface area contributed by atoms with Crippen LogP contribution in [0.2, 0.25) is 5.02 Å². The number of ether oxygens (including phenoxy) is 1. The largest absolute Gasteiger partial charge is 0.466 e. The van der Waals surface area contributed by atoms with Crippen LogP contribution in [0.3, 0.4) is 0 Å². The van der Waals surface area contributed by atoms with Crippen LogP contribution in [0.1, 0.15) is 12.5 Å². The van der Waals surface area contributed by atoms with Gasteiger partial charge in [0, 0.05) is 38.4 Å². The zero-order valence-corrected chi connectivity index (χ0v) is 15.8. The molecule has 0 radical (unpaired) electrons. The molecule has 1 amide bonds. The number of hydrogen-bond donors (Lipinski definition) is 1. The molecule has 6 nitrogen and oxygen atoms in total. The zero-order valence-electron chi connectivity index (χ0n) is 15.1. The molecule has 0 spiro atoms. The second-order valence-electron chi connectivity index (χ2n) is 6.63. The lowest BCUT2D eigenvalue weighted by atomic mass is 10.1. The molecule has 2 aromatic rings. The maximum Gasteiger partial charge on any atom is 0.260 e. The van der Waals surface area contributed by atoms with E-state index in [9.17, 15) is 9.18 Å². The Labute approximate surface area is 162 Å². The molecular formula is C19H22ClFN4O2. The molecule has 1 fully saturated rings. The Kier molecular flexibility index (Phi) is 6.13. The number of carbonyl (C=O) groups is 1. The van der Waals surface area contributed by atoms with Gasteiger partial charge >= 0.3 is 0 Å². The van der Waals surface area contributed by atoms with Gasteiger partial charge in [0.15, 0.2) is 6.61 Å². The molecular weight excluding hydrogens is 371 g/mol. The molecule has 0 saturated carbocycles. The van der Waals surface area contributed by atoms with Gasteiger partial charge < -0.3 is 15.4 Å². The van der Waals surface area contributed by atoms with E-state index in [0.29, 0.717) is 17.3 Å². The first-order valence-corrected chi connectivity index (χ1v) is 9.10. The van der Waals surface area contributed by atoms with E-state index >= 15 is 0 Å². The topological polar surface area (TPSA) is 71.7 Å². The maximum absolute atomic E-state index is 13.0. The van der Waals surface area contributed by atoms with E-state index in [2.05, 4.69) is 9.88 Å². The molecule has 1 aliphatic rings. The van der Waals surface area contributed by atoms with Crippen LogP contribution >= 0.6 is 11.6 Å². The minimum Gasteiger partial charge on any atom is -0.466 e. The van der Waals surface area contributed by atoms with E-state index in [0.717, 1.165) is 25.2 Å². The van der Waals surface area contributed by atoms with E-state index in [1.54, 1.807) is 17.0 Å². The fourth-order valence-electron chi connectivity index (χ4n) is 3.17. The Morgan fingerprint density at radius 1 is 1.37 bits per heavy atom. The molecule has 8 heteroatoms. The van der Waals surface area contributed by atoms with Gasteiger partial charge in [-0.1, -0.05) is 23.7 Å². The Morgan fingerprint density at radius 3 is 2.78 bits per heavy atom. The van der Waals surface area contributed by atoms with Gasteiger partial charge in [-0.25, -0.2) is 9.37 Å². The van der Waals surface area contributed by atoms with Crippen LogP contribution in [0, 0.1) is 5.82 Å². The Balaban J connectivity index is 1.51. The average molecular weight is 393 g/mol. The van der Waals surface area contributed by atoms with Crippen molar-refractivity contribution >= 4 is 23.2 Å². The van der Waals surface area contributed by atoms with Crippen LogP contribution in [0.15, 0.2) is 36.5 Å². The Bertz CT molecular complexity index is 803. The summed E-state index contributed by atoms with van der Waals surface area (Å²) < 4.78 is 18.5.